The Bertz CT molecular complexity index is 383. The number of methoxy groups -OCH3 is 1. The third-order valence-electron chi connectivity index (χ3n) is 3.15. The fourth-order valence-corrected chi connectivity index (χ4v) is 1.81. The van der Waals surface area contributed by atoms with Gasteiger partial charge in [-0.25, -0.2) is 0 Å². The lowest BCUT2D eigenvalue weighted by Crippen LogP contribution is -2.16. The predicted octanol–water partition coefficient (Wildman–Crippen LogP) is 1.77. The van der Waals surface area contributed by atoms with Crippen LogP contribution in [-0.2, 0) is 16.0 Å². The highest BCUT2D eigenvalue weighted by molar-refractivity contribution is 5.29. The van der Waals surface area contributed by atoms with Crippen LogP contribution in [0.25, 0.3) is 0 Å². The van der Waals surface area contributed by atoms with Crippen molar-refractivity contribution in [3.63, 3.8) is 0 Å². The normalized spacial score (nSPS) is 14.4. The van der Waals surface area contributed by atoms with E-state index in [1.165, 1.54) is 18.4 Å². The topological polar surface area (TPSA) is 52.6 Å². The first-order valence-electron chi connectivity index (χ1n) is 7.26. The quantitative estimate of drug-likeness (QED) is 0.626. The number of nitrogens with one attached hydrogen (secondary N) is 1. The van der Waals surface area contributed by atoms with Gasteiger partial charge >= 0.3 is 0 Å². The lowest BCUT2D eigenvalue weighted by molar-refractivity contribution is 0.0643. The Balaban J connectivity index is 1.63. The van der Waals surface area contributed by atoms with E-state index in [2.05, 4.69) is 10.3 Å². The molecule has 0 aliphatic heterocycles. The molecule has 0 bridgehead atoms. The molecule has 0 unspecified atom stereocenters. The molecule has 0 spiro atoms. The zero-order chi connectivity index (χ0) is 14.0. The van der Waals surface area contributed by atoms with Gasteiger partial charge in [0, 0.05) is 44.5 Å². The van der Waals surface area contributed by atoms with Crippen molar-refractivity contribution in [1.82, 2.24) is 10.3 Å². The maximum atomic E-state index is 5.78. The van der Waals surface area contributed by atoms with Crippen LogP contribution in [0.3, 0.4) is 0 Å². The molecule has 5 heteroatoms. The van der Waals surface area contributed by atoms with Crippen molar-refractivity contribution in [3.05, 3.63) is 24.0 Å². The van der Waals surface area contributed by atoms with Gasteiger partial charge in [0.2, 0.25) is 0 Å². The van der Waals surface area contributed by atoms with Gasteiger partial charge < -0.3 is 19.5 Å². The van der Waals surface area contributed by atoms with E-state index in [1.807, 2.05) is 12.3 Å². The summed E-state index contributed by atoms with van der Waals surface area (Å²) in [5, 5.41) is 3.49. The Hall–Kier alpha value is -1.17. The summed E-state index contributed by atoms with van der Waals surface area (Å²) in [5.74, 6) is 0.873. The highest BCUT2D eigenvalue weighted by Crippen LogP contribution is 2.22. The van der Waals surface area contributed by atoms with Crippen molar-refractivity contribution in [3.8, 4) is 5.75 Å². The largest absolute Gasteiger partial charge is 0.492 e. The van der Waals surface area contributed by atoms with Gasteiger partial charge in [-0.15, -0.1) is 0 Å². The highest BCUT2D eigenvalue weighted by Gasteiger charge is 2.20. The molecular weight excluding hydrogens is 256 g/mol. The van der Waals surface area contributed by atoms with E-state index < -0.39 is 0 Å². The van der Waals surface area contributed by atoms with Crippen molar-refractivity contribution >= 4 is 0 Å². The van der Waals surface area contributed by atoms with Crippen molar-refractivity contribution in [2.75, 3.05) is 33.5 Å². The minimum atomic E-state index is 0.639. The maximum absolute atomic E-state index is 5.78. The third-order valence-corrected chi connectivity index (χ3v) is 3.15. The van der Waals surface area contributed by atoms with Gasteiger partial charge in [0.05, 0.1) is 26.0 Å². The molecule has 1 fully saturated rings. The summed E-state index contributed by atoms with van der Waals surface area (Å²) < 4.78 is 16.1. The van der Waals surface area contributed by atoms with Crippen LogP contribution in [0, 0.1) is 0 Å². The average Bonchev–Trinajstić information content (AvgIpc) is 3.29. The molecule has 5 nitrogen and oxygen atoms in total. The van der Waals surface area contributed by atoms with E-state index in [-0.39, 0.29) is 0 Å². The Morgan fingerprint density at radius 2 is 2.15 bits per heavy atom. The molecule has 1 N–H and O–H groups in total. The lowest BCUT2D eigenvalue weighted by Gasteiger charge is -2.11. The molecule has 1 aliphatic rings. The number of nitrogens with zero attached hydrogens (tertiary/aromatic N) is 1. The Labute approximate surface area is 120 Å². The summed E-state index contributed by atoms with van der Waals surface area (Å²) in [6, 6.07) is 2.71. The summed E-state index contributed by atoms with van der Waals surface area (Å²) in [7, 11) is 1.67. The number of hydrogen-bond acceptors (Lipinski definition) is 5. The molecule has 0 atom stereocenters. The second-order valence-electron chi connectivity index (χ2n) is 4.95. The second-order valence-corrected chi connectivity index (χ2v) is 4.95. The van der Waals surface area contributed by atoms with Crippen LogP contribution in [0.4, 0.5) is 0 Å². The molecule has 2 rings (SSSR count). The predicted molar refractivity (Wildman–Crippen MR) is 76.9 cm³/mol. The van der Waals surface area contributed by atoms with Crippen molar-refractivity contribution < 1.29 is 14.2 Å². The summed E-state index contributed by atoms with van der Waals surface area (Å²) >= 11 is 0. The second kappa shape index (κ2) is 8.89. The Kier molecular flexibility index (Phi) is 6.77. The van der Waals surface area contributed by atoms with Crippen LogP contribution < -0.4 is 10.1 Å². The van der Waals surface area contributed by atoms with Crippen LogP contribution >= 0.6 is 0 Å². The van der Waals surface area contributed by atoms with E-state index in [4.69, 9.17) is 14.2 Å². The van der Waals surface area contributed by atoms with Crippen molar-refractivity contribution in [2.45, 2.75) is 31.8 Å². The molecule has 1 heterocycles. The fourth-order valence-electron chi connectivity index (χ4n) is 1.81. The first kappa shape index (κ1) is 15.2. The van der Waals surface area contributed by atoms with E-state index in [1.54, 1.807) is 13.3 Å². The Morgan fingerprint density at radius 3 is 2.95 bits per heavy atom. The van der Waals surface area contributed by atoms with Crippen molar-refractivity contribution in [2.24, 2.45) is 0 Å². The maximum Gasteiger partial charge on any atom is 0.142 e. The zero-order valence-corrected chi connectivity index (χ0v) is 12.1. The first-order chi connectivity index (χ1) is 9.90. The number of aromatic nitrogens is 1. The molecule has 0 amide bonds. The minimum Gasteiger partial charge on any atom is -0.492 e. The molecule has 0 saturated heterocycles. The van der Waals surface area contributed by atoms with Crippen molar-refractivity contribution in [1.29, 1.82) is 0 Å². The number of pyridine rings is 1. The van der Waals surface area contributed by atoms with Crippen LogP contribution in [0.2, 0.25) is 0 Å². The van der Waals surface area contributed by atoms with E-state index >= 15 is 0 Å². The summed E-state index contributed by atoms with van der Waals surface area (Å²) in [5.41, 5.74) is 1.17. The minimum absolute atomic E-state index is 0.639. The number of ether oxygens (including phenoxy) is 3. The van der Waals surface area contributed by atoms with Crippen LogP contribution in [0.15, 0.2) is 18.5 Å². The van der Waals surface area contributed by atoms with Crippen LogP contribution in [0.1, 0.15) is 24.8 Å². The molecule has 1 aliphatic carbocycles. The monoisotopic (exact) mass is 280 g/mol. The molecular formula is C15H24N2O3. The van der Waals surface area contributed by atoms with Gasteiger partial charge in [-0.2, -0.15) is 0 Å². The number of rotatable bonds is 11. The Morgan fingerprint density at radius 1 is 1.25 bits per heavy atom. The summed E-state index contributed by atoms with van der Waals surface area (Å²) in [6.07, 6.45) is 7.05. The molecule has 1 aromatic heterocycles. The fraction of sp³-hybridized carbons (Fsp3) is 0.667. The molecule has 1 aromatic rings. The van der Waals surface area contributed by atoms with E-state index in [9.17, 15) is 0 Å². The van der Waals surface area contributed by atoms with Crippen LogP contribution in [0.5, 0.6) is 5.75 Å². The third kappa shape index (κ3) is 5.86. The smallest absolute Gasteiger partial charge is 0.142 e. The summed E-state index contributed by atoms with van der Waals surface area (Å²) in [6.45, 7) is 3.47. The number of hydrogen-bond donors (Lipinski definition) is 1. The molecule has 20 heavy (non-hydrogen) atoms. The molecule has 112 valence electrons. The standard InChI is InChI=1S/C15H24N2O3/c1-18-9-10-19-7-2-8-20-15-12-16-6-5-13(15)11-17-14-3-4-14/h5-6,12,14,17H,2-4,7-11H2,1H3. The van der Waals surface area contributed by atoms with Gasteiger partial charge in [-0.3, -0.25) is 4.98 Å². The molecule has 0 aromatic carbocycles. The van der Waals surface area contributed by atoms with E-state index in [0.29, 0.717) is 32.5 Å². The highest BCUT2D eigenvalue weighted by atomic mass is 16.5. The van der Waals surface area contributed by atoms with E-state index in [0.717, 1.165) is 18.7 Å². The SMILES string of the molecule is COCCOCCCOc1cnccc1CNC1CC1. The summed E-state index contributed by atoms with van der Waals surface area (Å²) in [4.78, 5) is 4.13. The average molecular weight is 280 g/mol. The van der Waals surface area contributed by atoms with Gasteiger partial charge in [-0.1, -0.05) is 0 Å². The first-order valence-corrected chi connectivity index (χ1v) is 7.26. The lowest BCUT2D eigenvalue weighted by atomic mass is 10.2. The zero-order valence-electron chi connectivity index (χ0n) is 12.1. The van der Waals surface area contributed by atoms with Crippen LogP contribution in [-0.4, -0.2) is 44.6 Å². The molecule has 1 saturated carbocycles. The molecule has 0 radical (unpaired) electrons. The van der Waals surface area contributed by atoms with Gasteiger partial charge in [0.15, 0.2) is 0 Å². The van der Waals surface area contributed by atoms with Gasteiger partial charge in [0.1, 0.15) is 5.75 Å². The van der Waals surface area contributed by atoms with Gasteiger partial charge in [-0.05, 0) is 18.9 Å². The van der Waals surface area contributed by atoms with Gasteiger partial charge in [0.25, 0.3) is 0 Å².